The zero-order chi connectivity index (χ0) is 21.3. The van der Waals surface area contributed by atoms with Crippen LogP contribution in [0.1, 0.15) is 65.4 Å². The van der Waals surface area contributed by atoms with Crippen LogP contribution in [0.2, 0.25) is 0 Å². The van der Waals surface area contributed by atoms with Crippen molar-refractivity contribution in [2.45, 2.75) is 53.1 Å². The number of benzene rings is 2. The van der Waals surface area contributed by atoms with Crippen LogP contribution in [0.5, 0.6) is 0 Å². The molecule has 1 heterocycles. The Balaban J connectivity index is 1.75. The number of hydrogen-bond acceptors (Lipinski definition) is 5. The smallest absolute Gasteiger partial charge is 0.338 e. The van der Waals surface area contributed by atoms with Crippen LogP contribution < -0.4 is 0 Å². The number of aromatic nitrogens is 2. The number of ether oxygens (including phenoxy) is 1. The second kappa shape index (κ2) is 7.74. The minimum atomic E-state index is -0.885. The van der Waals surface area contributed by atoms with E-state index in [4.69, 9.17) is 4.74 Å². The van der Waals surface area contributed by atoms with Crippen molar-refractivity contribution >= 4 is 22.8 Å². The highest BCUT2D eigenvalue weighted by molar-refractivity contribution is 6.02. The lowest BCUT2D eigenvalue weighted by atomic mass is 9.86. The van der Waals surface area contributed by atoms with Crippen LogP contribution in [0.25, 0.3) is 11.0 Å². The van der Waals surface area contributed by atoms with Gasteiger partial charge in [-0.05, 0) is 49.9 Å². The maximum Gasteiger partial charge on any atom is 0.338 e. The molecular formula is C24H26N2O3. The predicted octanol–water partition coefficient (Wildman–Crippen LogP) is 4.97. The second-order valence-corrected chi connectivity index (χ2v) is 8.34. The van der Waals surface area contributed by atoms with E-state index >= 15 is 0 Å². The topological polar surface area (TPSA) is 69.2 Å². The normalized spacial score (nSPS) is 12.6. The van der Waals surface area contributed by atoms with Crippen molar-refractivity contribution < 1.29 is 14.3 Å². The molecule has 3 aromatic rings. The lowest BCUT2D eigenvalue weighted by Gasteiger charge is -2.19. The number of carbonyl (C=O) groups excluding carboxylic acids is 2. The zero-order valence-corrected chi connectivity index (χ0v) is 17.7. The second-order valence-electron chi connectivity index (χ2n) is 8.34. The number of ketones is 1. The molecule has 0 N–H and O–H groups in total. The molecule has 150 valence electrons. The van der Waals surface area contributed by atoms with Crippen LogP contribution in [0, 0.1) is 13.8 Å². The van der Waals surface area contributed by atoms with Crippen LogP contribution >= 0.6 is 0 Å². The number of fused-ring (bicyclic) bond motifs is 1. The summed E-state index contributed by atoms with van der Waals surface area (Å²) in [6.07, 6.45) is -0.885. The summed E-state index contributed by atoms with van der Waals surface area (Å²) in [7, 11) is 0. The Morgan fingerprint density at radius 2 is 1.41 bits per heavy atom. The van der Waals surface area contributed by atoms with E-state index in [1.165, 1.54) is 0 Å². The molecule has 0 radical (unpaired) electrons. The van der Waals surface area contributed by atoms with Gasteiger partial charge in [-0.2, -0.15) is 0 Å². The summed E-state index contributed by atoms with van der Waals surface area (Å²) in [4.78, 5) is 34.1. The number of aryl methyl sites for hydroxylation is 2. The van der Waals surface area contributed by atoms with E-state index in [2.05, 4.69) is 30.7 Å². The van der Waals surface area contributed by atoms with Crippen LogP contribution in [0.3, 0.4) is 0 Å². The molecule has 0 amide bonds. The molecule has 0 unspecified atom stereocenters. The lowest BCUT2D eigenvalue weighted by molar-refractivity contribution is 0.0319. The molecule has 1 atom stereocenters. The molecule has 0 spiro atoms. The van der Waals surface area contributed by atoms with Crippen molar-refractivity contribution in [2.75, 3.05) is 0 Å². The third-order valence-corrected chi connectivity index (χ3v) is 5.00. The van der Waals surface area contributed by atoms with E-state index in [-0.39, 0.29) is 11.2 Å². The number of nitrogens with zero attached hydrogens (tertiary/aromatic N) is 2. The number of carbonyl (C=O) groups is 2. The monoisotopic (exact) mass is 390 g/mol. The van der Waals surface area contributed by atoms with Gasteiger partial charge in [0.25, 0.3) is 0 Å². The van der Waals surface area contributed by atoms with Crippen LogP contribution in [0.15, 0.2) is 42.5 Å². The van der Waals surface area contributed by atoms with Gasteiger partial charge < -0.3 is 4.74 Å². The van der Waals surface area contributed by atoms with Gasteiger partial charge in [0.2, 0.25) is 5.78 Å². The standard InChI is InChI=1S/C24H26N2O3/c1-14-15(2)26-21-13-18(9-12-20(21)25-14)23(28)29-16(3)22(27)17-7-10-19(11-8-17)24(4,5)6/h7-13,16H,1-6H3/t16-/m1/s1. The highest BCUT2D eigenvalue weighted by atomic mass is 16.5. The van der Waals surface area contributed by atoms with Crippen molar-refractivity contribution in [1.82, 2.24) is 9.97 Å². The molecule has 0 bridgehead atoms. The highest BCUT2D eigenvalue weighted by Crippen LogP contribution is 2.23. The van der Waals surface area contributed by atoms with Gasteiger partial charge in [0.05, 0.1) is 28.0 Å². The summed E-state index contributed by atoms with van der Waals surface area (Å²) >= 11 is 0. The Bertz CT molecular complexity index is 1080. The molecule has 0 aliphatic heterocycles. The molecule has 3 rings (SSSR count). The zero-order valence-electron chi connectivity index (χ0n) is 17.7. The van der Waals surface area contributed by atoms with E-state index < -0.39 is 12.1 Å². The summed E-state index contributed by atoms with van der Waals surface area (Å²) in [5.74, 6) is -0.787. The third kappa shape index (κ3) is 4.50. The maximum absolute atomic E-state index is 12.7. The first-order chi connectivity index (χ1) is 13.6. The van der Waals surface area contributed by atoms with Crippen LogP contribution in [-0.2, 0) is 10.2 Å². The Kier molecular flexibility index (Phi) is 5.51. The van der Waals surface area contributed by atoms with E-state index in [1.807, 2.05) is 26.0 Å². The quantitative estimate of drug-likeness (QED) is 0.464. The lowest BCUT2D eigenvalue weighted by Crippen LogP contribution is -2.24. The fraction of sp³-hybridized carbons (Fsp3) is 0.333. The van der Waals surface area contributed by atoms with Crippen molar-refractivity contribution in [3.8, 4) is 0 Å². The molecule has 0 saturated carbocycles. The number of hydrogen-bond donors (Lipinski definition) is 0. The summed E-state index contributed by atoms with van der Waals surface area (Å²) in [5.41, 5.74) is 5.02. The molecule has 5 heteroatoms. The molecule has 0 aliphatic rings. The molecule has 1 aromatic heterocycles. The molecule has 0 aliphatic carbocycles. The fourth-order valence-electron chi connectivity index (χ4n) is 3.01. The molecule has 5 nitrogen and oxygen atoms in total. The third-order valence-electron chi connectivity index (χ3n) is 5.00. The molecular weight excluding hydrogens is 364 g/mol. The van der Waals surface area contributed by atoms with Gasteiger partial charge in [0.15, 0.2) is 6.10 Å². The van der Waals surface area contributed by atoms with E-state index in [1.54, 1.807) is 37.3 Å². The molecule has 0 fully saturated rings. The van der Waals surface area contributed by atoms with Crippen molar-refractivity contribution in [2.24, 2.45) is 0 Å². The van der Waals surface area contributed by atoms with E-state index in [0.29, 0.717) is 22.2 Å². The molecule has 0 saturated heterocycles. The highest BCUT2D eigenvalue weighted by Gasteiger charge is 2.22. The van der Waals surface area contributed by atoms with Gasteiger partial charge in [0.1, 0.15) is 0 Å². The van der Waals surface area contributed by atoms with Crippen LogP contribution in [-0.4, -0.2) is 27.8 Å². The summed E-state index contributed by atoms with van der Waals surface area (Å²) in [6, 6.07) is 12.5. The Labute approximate surface area is 171 Å². The minimum absolute atomic E-state index is 0.00945. The summed E-state index contributed by atoms with van der Waals surface area (Å²) < 4.78 is 5.42. The SMILES string of the molecule is Cc1nc2ccc(C(=O)O[C@H](C)C(=O)c3ccc(C(C)(C)C)cc3)cc2nc1C. The van der Waals surface area contributed by atoms with Gasteiger partial charge in [0, 0.05) is 5.56 Å². The Morgan fingerprint density at radius 3 is 2.00 bits per heavy atom. The largest absolute Gasteiger partial charge is 0.451 e. The summed E-state index contributed by atoms with van der Waals surface area (Å²) in [6.45, 7) is 11.7. The van der Waals surface area contributed by atoms with Crippen molar-refractivity contribution in [1.29, 1.82) is 0 Å². The number of Topliss-reactive ketones (excluding diaryl/α,β-unsaturated/α-hetero) is 1. The average Bonchev–Trinajstić information content (AvgIpc) is 2.67. The van der Waals surface area contributed by atoms with E-state index in [9.17, 15) is 9.59 Å². The van der Waals surface area contributed by atoms with Gasteiger partial charge in [-0.3, -0.25) is 4.79 Å². The van der Waals surface area contributed by atoms with Crippen LogP contribution in [0.4, 0.5) is 0 Å². The number of esters is 1. The van der Waals surface area contributed by atoms with Gasteiger partial charge in [-0.25, -0.2) is 14.8 Å². The maximum atomic E-state index is 12.7. The molecule has 2 aromatic carbocycles. The first-order valence-corrected chi connectivity index (χ1v) is 9.67. The van der Waals surface area contributed by atoms with Crippen molar-refractivity contribution in [3.05, 3.63) is 70.5 Å². The molecule has 29 heavy (non-hydrogen) atoms. The Hall–Kier alpha value is -3.08. The van der Waals surface area contributed by atoms with Gasteiger partial charge in [-0.15, -0.1) is 0 Å². The predicted molar refractivity (Wildman–Crippen MR) is 113 cm³/mol. The fourth-order valence-corrected chi connectivity index (χ4v) is 3.01. The van der Waals surface area contributed by atoms with Gasteiger partial charge >= 0.3 is 5.97 Å². The average molecular weight is 390 g/mol. The Morgan fingerprint density at radius 1 is 0.862 bits per heavy atom. The van der Waals surface area contributed by atoms with E-state index in [0.717, 1.165) is 17.0 Å². The summed E-state index contributed by atoms with van der Waals surface area (Å²) in [5, 5.41) is 0. The number of rotatable bonds is 4. The van der Waals surface area contributed by atoms with Crippen molar-refractivity contribution in [3.63, 3.8) is 0 Å². The first-order valence-electron chi connectivity index (χ1n) is 9.67. The van der Waals surface area contributed by atoms with Gasteiger partial charge in [-0.1, -0.05) is 45.0 Å². The minimum Gasteiger partial charge on any atom is -0.451 e. The first kappa shape index (κ1) is 20.6.